The smallest absolute Gasteiger partial charge is 0.432 e. The van der Waals surface area contributed by atoms with Gasteiger partial charge in [0.25, 0.3) is 0 Å². The van der Waals surface area contributed by atoms with Crippen LogP contribution in [0.1, 0.15) is 18.9 Å². The van der Waals surface area contributed by atoms with Gasteiger partial charge < -0.3 is 19.3 Å². The first-order valence-electron chi connectivity index (χ1n) is 7.22. The molecule has 1 aliphatic heterocycles. The normalized spacial score (nSPS) is 20.0. The first kappa shape index (κ1) is 18.1. The molecule has 8 heteroatoms. The largest absolute Gasteiger partial charge is 0.491 e. The van der Waals surface area contributed by atoms with E-state index in [1.807, 2.05) is 0 Å². The van der Waals surface area contributed by atoms with Gasteiger partial charge in [0.05, 0.1) is 12.2 Å². The number of carboxylic acid groups (broad SMARTS) is 1. The van der Waals surface area contributed by atoms with Crippen molar-refractivity contribution < 1.29 is 37.3 Å². The lowest BCUT2D eigenvalue weighted by molar-refractivity contribution is -0.236. The van der Waals surface area contributed by atoms with E-state index in [0.29, 0.717) is 12.4 Å². The molecule has 0 aliphatic carbocycles. The number of halogens is 3. The lowest BCUT2D eigenvalue weighted by Crippen LogP contribution is -2.54. The van der Waals surface area contributed by atoms with Crippen molar-refractivity contribution in [3.05, 3.63) is 29.3 Å². The van der Waals surface area contributed by atoms with Crippen LogP contribution >= 0.6 is 0 Å². The van der Waals surface area contributed by atoms with Crippen molar-refractivity contribution in [2.75, 3.05) is 20.3 Å². The van der Waals surface area contributed by atoms with Crippen LogP contribution in [0.15, 0.2) is 23.8 Å². The molecule has 0 radical (unpaired) electrons. The number of carboxylic acids is 1. The van der Waals surface area contributed by atoms with Crippen LogP contribution in [0, 0.1) is 0 Å². The Morgan fingerprint density at radius 3 is 2.58 bits per heavy atom. The summed E-state index contributed by atoms with van der Waals surface area (Å²) >= 11 is 0. The maximum absolute atomic E-state index is 13.6. The van der Waals surface area contributed by atoms with Gasteiger partial charge in [-0.15, -0.1) is 0 Å². The number of rotatable bonds is 6. The number of aliphatic carboxylic acids is 1. The van der Waals surface area contributed by atoms with Crippen LogP contribution in [0.4, 0.5) is 13.2 Å². The molecule has 0 saturated heterocycles. The van der Waals surface area contributed by atoms with Crippen LogP contribution in [0.3, 0.4) is 0 Å². The average Bonchev–Trinajstić information content (AvgIpc) is 2.52. The fraction of sp³-hybridized carbons (Fsp3) is 0.438. The molecule has 1 atom stereocenters. The van der Waals surface area contributed by atoms with Crippen molar-refractivity contribution in [1.29, 1.82) is 0 Å². The zero-order chi connectivity index (χ0) is 18.0. The van der Waals surface area contributed by atoms with E-state index in [2.05, 4.69) is 0 Å². The molecule has 0 aromatic heterocycles. The van der Waals surface area contributed by atoms with Crippen molar-refractivity contribution in [3.8, 4) is 11.5 Å². The van der Waals surface area contributed by atoms with E-state index in [-0.39, 0.29) is 17.9 Å². The molecule has 0 fully saturated rings. The lowest BCUT2D eigenvalue weighted by atomic mass is 9.86. The first-order valence-corrected chi connectivity index (χ1v) is 7.22. The third kappa shape index (κ3) is 3.19. The van der Waals surface area contributed by atoms with Crippen molar-refractivity contribution >= 4 is 12.0 Å². The molecule has 132 valence electrons. The molecule has 0 spiro atoms. The number of alkyl halides is 3. The third-order valence-electron chi connectivity index (χ3n) is 3.75. The molecule has 1 N–H and O–H groups in total. The Bertz CT molecular complexity index is 654. The quantitative estimate of drug-likeness (QED) is 0.801. The third-order valence-corrected chi connectivity index (χ3v) is 3.75. The highest BCUT2D eigenvalue weighted by atomic mass is 19.4. The molecule has 2 rings (SSSR count). The second-order valence-electron chi connectivity index (χ2n) is 5.18. The van der Waals surface area contributed by atoms with E-state index in [1.165, 1.54) is 32.2 Å². The fourth-order valence-electron chi connectivity index (χ4n) is 2.48. The molecule has 0 bridgehead atoms. The standard InChI is InChI=1S/C16H17F3O5/c1-3-15(16(17,18)19)12(14(20)21)8-10-4-5-11(9-13(10)24-15)23-7-6-22-2/h4-5,8-9H,3,6-7H2,1-2H3,(H,20,21). The fourth-order valence-corrected chi connectivity index (χ4v) is 2.48. The number of hydrogen-bond donors (Lipinski definition) is 1. The van der Waals surface area contributed by atoms with Gasteiger partial charge in [0.1, 0.15) is 18.1 Å². The zero-order valence-corrected chi connectivity index (χ0v) is 13.1. The van der Waals surface area contributed by atoms with Gasteiger partial charge in [0.2, 0.25) is 5.60 Å². The Kier molecular flexibility index (Phi) is 5.08. The van der Waals surface area contributed by atoms with Crippen LogP contribution in [0.25, 0.3) is 6.08 Å². The van der Waals surface area contributed by atoms with Gasteiger partial charge in [0, 0.05) is 18.7 Å². The van der Waals surface area contributed by atoms with Crippen LogP contribution in [0.2, 0.25) is 0 Å². The minimum atomic E-state index is -4.88. The summed E-state index contributed by atoms with van der Waals surface area (Å²) in [5, 5.41) is 9.20. The van der Waals surface area contributed by atoms with Crippen molar-refractivity contribution in [2.45, 2.75) is 25.1 Å². The summed E-state index contributed by atoms with van der Waals surface area (Å²) < 4.78 is 56.1. The SMILES string of the molecule is CCC1(C(F)(F)F)Oc2cc(OCCOC)ccc2C=C1C(=O)O. The summed E-state index contributed by atoms with van der Waals surface area (Å²) in [5.74, 6) is -1.43. The van der Waals surface area contributed by atoms with Crippen molar-refractivity contribution in [1.82, 2.24) is 0 Å². The van der Waals surface area contributed by atoms with E-state index >= 15 is 0 Å². The predicted molar refractivity (Wildman–Crippen MR) is 79.1 cm³/mol. The second-order valence-corrected chi connectivity index (χ2v) is 5.18. The molecule has 1 heterocycles. The molecule has 1 unspecified atom stereocenters. The number of benzene rings is 1. The summed E-state index contributed by atoms with van der Waals surface area (Å²) in [5.41, 5.74) is -3.48. The number of methoxy groups -OCH3 is 1. The minimum Gasteiger partial charge on any atom is -0.491 e. The topological polar surface area (TPSA) is 65.0 Å². The van der Waals surface area contributed by atoms with Gasteiger partial charge in [0.15, 0.2) is 0 Å². The van der Waals surface area contributed by atoms with Crippen molar-refractivity contribution in [3.63, 3.8) is 0 Å². The molecule has 1 aromatic rings. The summed E-state index contributed by atoms with van der Waals surface area (Å²) in [6, 6.07) is 4.30. The van der Waals surface area contributed by atoms with Gasteiger partial charge in [-0.05, 0) is 24.6 Å². The highest BCUT2D eigenvalue weighted by Crippen LogP contribution is 2.47. The molecule has 24 heavy (non-hydrogen) atoms. The van der Waals surface area contributed by atoms with Crippen LogP contribution in [-0.2, 0) is 9.53 Å². The number of carbonyl (C=O) groups is 1. The van der Waals surface area contributed by atoms with Crippen LogP contribution < -0.4 is 9.47 Å². The molecule has 0 amide bonds. The molecule has 5 nitrogen and oxygen atoms in total. The van der Waals surface area contributed by atoms with Crippen LogP contribution in [-0.4, -0.2) is 43.2 Å². The Labute approximate surface area is 136 Å². The summed E-state index contributed by atoms with van der Waals surface area (Å²) in [6.45, 7) is 1.78. The molecule has 1 aliphatic rings. The second kappa shape index (κ2) is 6.72. The Morgan fingerprint density at radius 2 is 2.04 bits per heavy atom. The van der Waals surface area contributed by atoms with E-state index in [9.17, 15) is 23.1 Å². The van der Waals surface area contributed by atoms with Gasteiger partial charge in [-0.25, -0.2) is 4.79 Å². The Hall–Kier alpha value is -2.22. The van der Waals surface area contributed by atoms with E-state index in [1.54, 1.807) is 0 Å². The number of ether oxygens (including phenoxy) is 3. The van der Waals surface area contributed by atoms with Crippen LogP contribution in [0.5, 0.6) is 11.5 Å². The van der Waals surface area contributed by atoms with Crippen molar-refractivity contribution in [2.24, 2.45) is 0 Å². The molecular weight excluding hydrogens is 329 g/mol. The molecular formula is C16H17F3O5. The maximum Gasteiger partial charge on any atom is 0.432 e. The summed E-state index contributed by atoms with van der Waals surface area (Å²) in [7, 11) is 1.50. The number of hydrogen-bond acceptors (Lipinski definition) is 4. The Balaban J connectivity index is 2.46. The number of fused-ring (bicyclic) bond motifs is 1. The average molecular weight is 346 g/mol. The zero-order valence-electron chi connectivity index (χ0n) is 13.1. The first-order chi connectivity index (χ1) is 11.2. The highest BCUT2D eigenvalue weighted by Gasteiger charge is 2.61. The van der Waals surface area contributed by atoms with E-state index < -0.39 is 29.7 Å². The van der Waals surface area contributed by atoms with E-state index in [4.69, 9.17) is 14.2 Å². The highest BCUT2D eigenvalue weighted by molar-refractivity contribution is 5.96. The van der Waals surface area contributed by atoms with Gasteiger partial charge in [-0.1, -0.05) is 6.92 Å². The molecule has 0 saturated carbocycles. The molecule has 1 aromatic carbocycles. The summed E-state index contributed by atoms with van der Waals surface area (Å²) in [6.07, 6.45) is -4.45. The maximum atomic E-state index is 13.6. The monoisotopic (exact) mass is 346 g/mol. The van der Waals surface area contributed by atoms with Gasteiger partial charge in [-0.3, -0.25) is 0 Å². The lowest BCUT2D eigenvalue weighted by Gasteiger charge is -2.38. The minimum absolute atomic E-state index is 0.0749. The Morgan fingerprint density at radius 1 is 1.33 bits per heavy atom. The predicted octanol–water partition coefficient (Wildman–Crippen LogP) is 3.28. The van der Waals surface area contributed by atoms with Gasteiger partial charge >= 0.3 is 12.1 Å². The summed E-state index contributed by atoms with van der Waals surface area (Å²) in [4.78, 5) is 11.3. The van der Waals surface area contributed by atoms with E-state index in [0.717, 1.165) is 6.08 Å². The van der Waals surface area contributed by atoms with Gasteiger partial charge in [-0.2, -0.15) is 13.2 Å².